The van der Waals surface area contributed by atoms with Crippen molar-refractivity contribution in [1.29, 1.82) is 0 Å². The van der Waals surface area contributed by atoms with Crippen LogP contribution in [0, 0.1) is 19.8 Å². The maximum atomic E-state index is 13.8. The molecule has 2 saturated heterocycles. The third-order valence-corrected chi connectivity index (χ3v) is 7.57. The molecule has 2 aliphatic rings. The van der Waals surface area contributed by atoms with Gasteiger partial charge in [0.2, 0.25) is 0 Å². The molecule has 226 valence electrons. The molecule has 0 aliphatic carbocycles. The molecule has 0 aromatic carbocycles. The lowest BCUT2D eigenvalue weighted by Crippen LogP contribution is -2.68. The molecule has 41 heavy (non-hydrogen) atoms. The average molecular weight is 598 g/mol. The summed E-state index contributed by atoms with van der Waals surface area (Å²) in [5, 5.41) is 3.25. The van der Waals surface area contributed by atoms with E-state index in [1.165, 1.54) is 4.90 Å². The van der Waals surface area contributed by atoms with Crippen LogP contribution in [0.15, 0.2) is 0 Å². The van der Waals surface area contributed by atoms with Crippen molar-refractivity contribution in [3.63, 3.8) is 0 Å². The number of carbonyl (C=O) groups excluding carboxylic acids is 6. The lowest BCUT2D eigenvalue weighted by Gasteiger charge is -2.45. The number of ether oxygens (including phenoxy) is 5. The minimum absolute atomic E-state index is 0.178. The van der Waals surface area contributed by atoms with Gasteiger partial charge in [-0.05, 0) is 33.6 Å². The van der Waals surface area contributed by atoms with Gasteiger partial charge in [-0.3, -0.25) is 28.8 Å². The number of piperidine rings is 1. The van der Waals surface area contributed by atoms with Gasteiger partial charge in [0, 0.05) is 33.9 Å². The minimum atomic E-state index is -1.55. The summed E-state index contributed by atoms with van der Waals surface area (Å²) in [4.78, 5) is 81.4. The zero-order valence-electron chi connectivity index (χ0n) is 23.8. The lowest BCUT2D eigenvalue weighted by atomic mass is 9.93. The molecule has 0 bridgehead atoms. The summed E-state index contributed by atoms with van der Waals surface area (Å²) >= 11 is 1.13. The summed E-state index contributed by atoms with van der Waals surface area (Å²) in [7, 11) is 0. The van der Waals surface area contributed by atoms with Crippen molar-refractivity contribution in [2.24, 2.45) is 5.92 Å². The molecular weight excluding hydrogens is 562 g/mol. The molecule has 15 heteroatoms. The van der Waals surface area contributed by atoms with Crippen molar-refractivity contribution < 1.29 is 52.5 Å². The van der Waals surface area contributed by atoms with Gasteiger partial charge in [0.05, 0.1) is 23.2 Å². The fourth-order valence-corrected chi connectivity index (χ4v) is 5.66. The summed E-state index contributed by atoms with van der Waals surface area (Å²) in [6.07, 6.45) is -6.85. The monoisotopic (exact) mass is 597 g/mol. The summed E-state index contributed by atoms with van der Waals surface area (Å²) in [5.74, 6) is -4.39. The van der Waals surface area contributed by atoms with E-state index in [0.29, 0.717) is 23.5 Å². The van der Waals surface area contributed by atoms with E-state index in [9.17, 15) is 28.8 Å². The number of likely N-dealkylation sites (tertiary alicyclic amines) is 1. The van der Waals surface area contributed by atoms with Gasteiger partial charge in [-0.2, -0.15) is 0 Å². The fourth-order valence-electron chi connectivity index (χ4n) is 4.84. The Bertz CT molecular complexity index is 1180. The number of nitrogens with one attached hydrogen (secondary N) is 1. The quantitative estimate of drug-likeness (QED) is 0.330. The molecule has 14 nitrogen and oxygen atoms in total. The second kappa shape index (κ2) is 13.9. The van der Waals surface area contributed by atoms with Gasteiger partial charge in [-0.15, -0.1) is 11.3 Å². The van der Waals surface area contributed by atoms with Crippen molar-refractivity contribution in [1.82, 2.24) is 15.2 Å². The van der Waals surface area contributed by atoms with Crippen molar-refractivity contribution in [2.45, 2.75) is 85.0 Å². The summed E-state index contributed by atoms with van der Waals surface area (Å²) < 4.78 is 27.4. The van der Waals surface area contributed by atoms with Crippen LogP contribution in [0.4, 0.5) is 0 Å². The van der Waals surface area contributed by atoms with E-state index < -0.39 is 60.4 Å². The highest BCUT2D eigenvalue weighted by atomic mass is 32.1. The third-order valence-electron chi connectivity index (χ3n) is 6.50. The molecule has 2 aliphatic heterocycles. The maximum Gasteiger partial charge on any atom is 0.309 e. The largest absolute Gasteiger partial charge is 0.466 e. The number of thiazole rings is 1. The summed E-state index contributed by atoms with van der Waals surface area (Å²) in [6.45, 7) is 8.98. The summed E-state index contributed by atoms with van der Waals surface area (Å²) in [6, 6.07) is 0. The van der Waals surface area contributed by atoms with Crippen LogP contribution >= 0.6 is 11.3 Å². The SMILES string of the molecule is CCOC(=O)C1CCN(C(=O)C2OC(NC(=O)c3sc(C)nc3C)C(OC(C)=O)C(OC(C)=O)C2OC(C)=O)CC1. The van der Waals surface area contributed by atoms with E-state index in [-0.39, 0.29) is 36.5 Å². The van der Waals surface area contributed by atoms with E-state index in [1.54, 1.807) is 20.8 Å². The molecule has 2 amide bonds. The maximum absolute atomic E-state index is 13.8. The van der Waals surface area contributed by atoms with E-state index in [4.69, 9.17) is 23.7 Å². The Morgan fingerprint density at radius 2 is 1.49 bits per heavy atom. The van der Waals surface area contributed by atoms with Gasteiger partial charge in [-0.25, -0.2) is 4.98 Å². The fraction of sp³-hybridized carbons (Fsp3) is 0.654. The van der Waals surface area contributed by atoms with Crippen LogP contribution in [-0.4, -0.2) is 95.9 Å². The lowest BCUT2D eigenvalue weighted by molar-refractivity contribution is -0.249. The zero-order valence-corrected chi connectivity index (χ0v) is 24.6. The Morgan fingerprint density at radius 3 is 2.00 bits per heavy atom. The van der Waals surface area contributed by atoms with Crippen LogP contribution in [-0.2, 0) is 47.7 Å². The molecule has 5 atom stereocenters. The predicted octanol–water partition coefficient (Wildman–Crippen LogP) is 0.811. The molecule has 1 aromatic heterocycles. The first-order valence-corrected chi connectivity index (χ1v) is 14.0. The van der Waals surface area contributed by atoms with E-state index in [0.717, 1.165) is 32.1 Å². The highest BCUT2D eigenvalue weighted by Crippen LogP contribution is 2.31. The molecule has 3 rings (SSSR count). The average Bonchev–Trinajstić information content (AvgIpc) is 3.24. The van der Waals surface area contributed by atoms with Crippen molar-refractivity contribution >= 4 is 47.0 Å². The van der Waals surface area contributed by atoms with E-state index >= 15 is 0 Å². The Hall–Kier alpha value is -3.59. The van der Waals surface area contributed by atoms with Gasteiger partial charge in [0.25, 0.3) is 11.8 Å². The second-order valence-corrected chi connectivity index (χ2v) is 10.9. The molecule has 0 saturated carbocycles. The van der Waals surface area contributed by atoms with Crippen LogP contribution in [0.3, 0.4) is 0 Å². The normalized spacial score (nSPS) is 24.6. The standard InChI is InChI=1S/C26H35N3O11S/c1-7-36-26(35)17-8-10-29(11-9-17)25(34)21-19(38-15(5)31)18(37-14(4)30)20(39-16(6)32)24(40-21)28-23(33)22-12(2)27-13(3)41-22/h17-21,24H,7-11H2,1-6H3,(H,28,33). The smallest absolute Gasteiger partial charge is 0.309 e. The molecule has 1 N–H and O–H groups in total. The first-order valence-electron chi connectivity index (χ1n) is 13.2. The molecule has 3 heterocycles. The van der Waals surface area contributed by atoms with Crippen LogP contribution in [0.2, 0.25) is 0 Å². The molecule has 1 aromatic rings. The van der Waals surface area contributed by atoms with Gasteiger partial charge < -0.3 is 33.9 Å². The third kappa shape index (κ3) is 8.00. The number of hydrogen-bond donors (Lipinski definition) is 1. The molecule has 2 fully saturated rings. The first kappa shape index (κ1) is 31.9. The van der Waals surface area contributed by atoms with Crippen LogP contribution in [0.5, 0.6) is 0 Å². The van der Waals surface area contributed by atoms with Gasteiger partial charge in [-0.1, -0.05) is 0 Å². The van der Waals surface area contributed by atoms with Gasteiger partial charge >= 0.3 is 23.9 Å². The topological polar surface area (TPSA) is 177 Å². The van der Waals surface area contributed by atoms with Crippen molar-refractivity contribution in [3.8, 4) is 0 Å². The molecule has 0 radical (unpaired) electrons. The van der Waals surface area contributed by atoms with Gasteiger partial charge in [0.1, 0.15) is 4.88 Å². The Labute approximate surface area is 241 Å². The highest BCUT2D eigenvalue weighted by Gasteiger charge is 2.55. The molecule has 5 unspecified atom stereocenters. The zero-order chi connectivity index (χ0) is 30.4. The number of aromatic nitrogens is 1. The number of amides is 2. The van der Waals surface area contributed by atoms with E-state index in [2.05, 4.69) is 10.3 Å². The van der Waals surface area contributed by atoms with E-state index in [1.807, 2.05) is 0 Å². The van der Waals surface area contributed by atoms with Crippen molar-refractivity contribution in [3.05, 3.63) is 15.6 Å². The number of esters is 4. The van der Waals surface area contributed by atoms with Crippen LogP contribution in [0.1, 0.15) is 60.9 Å². The number of hydrogen-bond acceptors (Lipinski definition) is 13. The molecular formula is C26H35N3O11S. The predicted molar refractivity (Wildman–Crippen MR) is 140 cm³/mol. The first-order chi connectivity index (χ1) is 19.3. The Morgan fingerprint density at radius 1 is 0.927 bits per heavy atom. The van der Waals surface area contributed by atoms with Crippen LogP contribution < -0.4 is 5.32 Å². The Balaban J connectivity index is 1.95. The number of nitrogens with zero attached hydrogens (tertiary/aromatic N) is 2. The minimum Gasteiger partial charge on any atom is -0.466 e. The Kier molecular flexibility index (Phi) is 10.8. The number of rotatable bonds is 8. The second-order valence-electron chi connectivity index (χ2n) is 9.67. The number of carbonyl (C=O) groups is 6. The number of aryl methyl sites for hydroxylation is 2. The van der Waals surface area contributed by atoms with Gasteiger partial charge in [0.15, 0.2) is 30.6 Å². The van der Waals surface area contributed by atoms with Crippen LogP contribution in [0.25, 0.3) is 0 Å². The summed E-state index contributed by atoms with van der Waals surface area (Å²) in [5.41, 5.74) is 0.455. The highest BCUT2D eigenvalue weighted by molar-refractivity contribution is 7.13. The molecule has 0 spiro atoms. The van der Waals surface area contributed by atoms with Crippen molar-refractivity contribution in [2.75, 3.05) is 19.7 Å².